The minimum Gasteiger partial charge on any atom is -0.247 e. The van der Waals surface area contributed by atoms with E-state index in [0.717, 1.165) is 48.3 Å². The second kappa shape index (κ2) is 12.5. The Kier molecular flexibility index (Phi) is 11.5. The lowest BCUT2D eigenvalue weighted by molar-refractivity contribution is 0.145. The summed E-state index contributed by atoms with van der Waals surface area (Å²) in [7, 11) is 0. The van der Waals surface area contributed by atoms with Crippen LogP contribution in [0.15, 0.2) is 0 Å². The third-order valence-corrected chi connectivity index (χ3v) is 8.08. The molecule has 0 saturated heterocycles. The smallest absolute Gasteiger partial charge is 0.103 e. The lowest BCUT2D eigenvalue weighted by Gasteiger charge is -2.29. The van der Waals surface area contributed by atoms with E-state index in [1.54, 1.807) is 0 Å². The molecule has 162 valence electrons. The van der Waals surface area contributed by atoms with Crippen molar-refractivity contribution in [1.82, 2.24) is 0 Å². The molecule has 0 nitrogen and oxygen atoms in total. The van der Waals surface area contributed by atoms with Crippen molar-refractivity contribution in [3.05, 3.63) is 0 Å². The van der Waals surface area contributed by atoms with Gasteiger partial charge >= 0.3 is 0 Å². The van der Waals surface area contributed by atoms with E-state index in [1.807, 2.05) is 6.92 Å². The summed E-state index contributed by atoms with van der Waals surface area (Å²) in [5.74, 6) is 6.87. The van der Waals surface area contributed by atoms with Crippen molar-refractivity contribution in [3.8, 4) is 0 Å². The van der Waals surface area contributed by atoms with Crippen LogP contribution in [0.4, 0.5) is 4.39 Å². The second-order valence-corrected chi connectivity index (χ2v) is 11.2. The number of hydrogen-bond acceptors (Lipinski definition) is 0. The van der Waals surface area contributed by atoms with E-state index >= 15 is 0 Å². The van der Waals surface area contributed by atoms with E-state index in [2.05, 4.69) is 48.5 Å². The van der Waals surface area contributed by atoms with E-state index in [9.17, 15) is 4.39 Å². The average molecular weight is 383 g/mol. The molecule has 3 aliphatic carbocycles. The molecule has 3 saturated carbocycles. The topological polar surface area (TPSA) is 0 Å². The minimum absolute atomic E-state index is 0.321. The van der Waals surface area contributed by atoms with Gasteiger partial charge in [0.1, 0.15) is 6.17 Å². The maximum Gasteiger partial charge on any atom is 0.103 e. The van der Waals surface area contributed by atoms with Crippen molar-refractivity contribution in [2.45, 2.75) is 119 Å². The Labute approximate surface area is 171 Å². The van der Waals surface area contributed by atoms with Crippen molar-refractivity contribution in [1.29, 1.82) is 0 Å². The fourth-order valence-electron chi connectivity index (χ4n) is 5.10. The van der Waals surface area contributed by atoms with Gasteiger partial charge in [-0.1, -0.05) is 87.5 Å². The van der Waals surface area contributed by atoms with Gasteiger partial charge in [0.2, 0.25) is 0 Å². The molecule has 0 amide bonds. The molecular formula is C26H51F. The van der Waals surface area contributed by atoms with Crippen LogP contribution in [0, 0.1) is 47.3 Å². The van der Waals surface area contributed by atoms with Gasteiger partial charge in [-0.15, -0.1) is 0 Å². The predicted octanol–water partition coefficient (Wildman–Crippen LogP) is 8.94. The van der Waals surface area contributed by atoms with Gasteiger partial charge in [0.05, 0.1) is 0 Å². The molecule has 3 rings (SSSR count). The zero-order valence-corrected chi connectivity index (χ0v) is 19.9. The van der Waals surface area contributed by atoms with Gasteiger partial charge in [-0.2, -0.15) is 0 Å². The van der Waals surface area contributed by atoms with Gasteiger partial charge < -0.3 is 0 Å². The SMILES string of the molecule is CC1CCC(C)C(C)C1.CC1CCC(C)C(C)C1.CC1CCC(C)C(F)C1. The van der Waals surface area contributed by atoms with E-state index in [1.165, 1.54) is 44.9 Å². The molecule has 0 radical (unpaired) electrons. The molecule has 3 aliphatic rings. The molecule has 0 bridgehead atoms. The van der Waals surface area contributed by atoms with Gasteiger partial charge in [0.25, 0.3) is 0 Å². The van der Waals surface area contributed by atoms with Crippen LogP contribution in [0.3, 0.4) is 0 Å². The maximum absolute atomic E-state index is 12.8. The van der Waals surface area contributed by atoms with Crippen molar-refractivity contribution in [2.24, 2.45) is 47.3 Å². The highest BCUT2D eigenvalue weighted by Crippen LogP contribution is 2.33. The Morgan fingerprint density at radius 1 is 0.407 bits per heavy atom. The van der Waals surface area contributed by atoms with Crippen LogP contribution in [0.25, 0.3) is 0 Å². The third kappa shape index (κ3) is 9.80. The van der Waals surface area contributed by atoms with Gasteiger partial charge in [-0.05, 0) is 73.0 Å². The fraction of sp³-hybridized carbons (Fsp3) is 1.00. The molecule has 27 heavy (non-hydrogen) atoms. The Morgan fingerprint density at radius 2 is 0.741 bits per heavy atom. The first kappa shape index (κ1) is 25.0. The monoisotopic (exact) mass is 382 g/mol. The van der Waals surface area contributed by atoms with Crippen LogP contribution in [-0.4, -0.2) is 6.17 Å². The molecule has 9 atom stereocenters. The standard InChI is InChI=1S/2C9H18.C8H15F/c2*1-7-4-5-8(2)9(3)6-7;1-6-3-4-7(2)8(9)5-6/h2*7-9H,4-6H2,1-3H3;6-8H,3-5H2,1-2H3. The van der Waals surface area contributed by atoms with Crippen molar-refractivity contribution < 1.29 is 4.39 Å². The molecule has 0 spiro atoms. The van der Waals surface area contributed by atoms with Crippen LogP contribution < -0.4 is 0 Å². The average Bonchev–Trinajstić information content (AvgIpc) is 2.60. The molecule has 0 aliphatic heterocycles. The molecule has 0 heterocycles. The molecule has 0 aromatic carbocycles. The van der Waals surface area contributed by atoms with E-state index in [4.69, 9.17) is 0 Å². The summed E-state index contributed by atoms with van der Waals surface area (Å²) in [6.45, 7) is 18.5. The van der Waals surface area contributed by atoms with Crippen molar-refractivity contribution in [2.75, 3.05) is 0 Å². The zero-order valence-electron chi connectivity index (χ0n) is 19.9. The Morgan fingerprint density at radius 3 is 1.00 bits per heavy atom. The largest absolute Gasteiger partial charge is 0.247 e. The quantitative estimate of drug-likeness (QED) is 0.392. The zero-order chi connectivity index (χ0) is 20.6. The lowest BCUT2D eigenvalue weighted by atomic mass is 9.77. The lowest BCUT2D eigenvalue weighted by Crippen LogP contribution is -2.22. The predicted molar refractivity (Wildman–Crippen MR) is 120 cm³/mol. The first-order chi connectivity index (χ1) is 12.6. The van der Waals surface area contributed by atoms with Gasteiger partial charge in [0.15, 0.2) is 0 Å². The van der Waals surface area contributed by atoms with Crippen molar-refractivity contribution in [3.63, 3.8) is 0 Å². The molecule has 3 fully saturated rings. The van der Waals surface area contributed by atoms with Crippen LogP contribution >= 0.6 is 0 Å². The summed E-state index contributed by atoms with van der Waals surface area (Å²) in [4.78, 5) is 0. The minimum atomic E-state index is -0.520. The second-order valence-electron chi connectivity index (χ2n) is 11.2. The Balaban J connectivity index is 0.000000202. The van der Waals surface area contributed by atoms with E-state index in [-0.39, 0.29) is 0 Å². The van der Waals surface area contributed by atoms with Gasteiger partial charge in [0, 0.05) is 0 Å². The number of halogens is 1. The highest BCUT2D eigenvalue weighted by Gasteiger charge is 2.24. The summed E-state index contributed by atoms with van der Waals surface area (Å²) in [6, 6.07) is 0. The number of alkyl halides is 1. The Bertz CT molecular complexity index is 321. The van der Waals surface area contributed by atoms with Gasteiger partial charge in [-0.25, -0.2) is 4.39 Å². The maximum atomic E-state index is 12.8. The molecule has 9 unspecified atom stereocenters. The van der Waals surface area contributed by atoms with Crippen molar-refractivity contribution >= 4 is 0 Å². The van der Waals surface area contributed by atoms with Gasteiger partial charge in [-0.3, -0.25) is 0 Å². The first-order valence-corrected chi connectivity index (χ1v) is 12.2. The summed E-state index contributed by atoms with van der Waals surface area (Å²) in [6.07, 6.45) is 11.4. The number of hydrogen-bond donors (Lipinski definition) is 0. The fourth-order valence-corrected chi connectivity index (χ4v) is 5.10. The summed E-state index contributed by atoms with van der Waals surface area (Å²) in [5.41, 5.74) is 0. The molecular weight excluding hydrogens is 331 g/mol. The highest BCUT2D eigenvalue weighted by molar-refractivity contribution is 4.75. The van der Waals surface area contributed by atoms with Crippen LogP contribution in [0.2, 0.25) is 0 Å². The summed E-state index contributed by atoms with van der Waals surface area (Å²) < 4.78 is 12.8. The molecule has 0 aromatic rings. The third-order valence-electron chi connectivity index (χ3n) is 8.08. The number of rotatable bonds is 0. The van der Waals surface area contributed by atoms with E-state index in [0.29, 0.717) is 11.8 Å². The molecule has 0 N–H and O–H groups in total. The summed E-state index contributed by atoms with van der Waals surface area (Å²) >= 11 is 0. The highest BCUT2D eigenvalue weighted by atomic mass is 19.1. The van der Waals surface area contributed by atoms with Crippen LogP contribution in [0.1, 0.15) is 113 Å². The summed E-state index contributed by atoms with van der Waals surface area (Å²) in [5, 5.41) is 0. The molecule has 0 aromatic heterocycles. The first-order valence-electron chi connectivity index (χ1n) is 12.2. The van der Waals surface area contributed by atoms with E-state index < -0.39 is 6.17 Å². The molecule has 1 heteroatoms. The van der Waals surface area contributed by atoms with Crippen LogP contribution in [-0.2, 0) is 0 Å². The Hall–Kier alpha value is -0.0700. The van der Waals surface area contributed by atoms with Crippen LogP contribution in [0.5, 0.6) is 0 Å². The normalized spacial score (nSPS) is 45.0.